The Bertz CT molecular complexity index is 688. The van der Waals surface area contributed by atoms with Gasteiger partial charge >= 0.3 is 0 Å². The van der Waals surface area contributed by atoms with Crippen LogP contribution in [0, 0.1) is 15.9 Å². The number of nitro benzene ring substituents is 1. The summed E-state index contributed by atoms with van der Waals surface area (Å²) in [5, 5.41) is 11.0. The van der Waals surface area contributed by atoms with E-state index in [1.165, 1.54) is 25.1 Å². The Morgan fingerprint density at radius 2 is 1.90 bits per heavy atom. The van der Waals surface area contributed by atoms with Gasteiger partial charge < -0.3 is 0 Å². The monoisotopic (exact) mass is 291 g/mol. The molecule has 2 aromatic carbocycles. The fraction of sp³-hybridized carbons (Fsp3) is 0.0714. The van der Waals surface area contributed by atoms with Gasteiger partial charge in [0, 0.05) is 16.5 Å². The van der Waals surface area contributed by atoms with E-state index in [0.29, 0.717) is 9.79 Å². The molecule has 0 saturated carbocycles. The number of carbonyl (C=O) groups excluding carboxylic acids is 1. The number of halogens is 1. The largest absolute Gasteiger partial charge is 0.294 e. The zero-order chi connectivity index (χ0) is 14.7. The van der Waals surface area contributed by atoms with Crippen molar-refractivity contribution in [1.82, 2.24) is 0 Å². The molecule has 2 rings (SSSR count). The topological polar surface area (TPSA) is 60.2 Å². The van der Waals surface area contributed by atoms with Crippen LogP contribution < -0.4 is 0 Å². The van der Waals surface area contributed by atoms with E-state index in [1.54, 1.807) is 18.2 Å². The lowest BCUT2D eigenvalue weighted by Gasteiger charge is -2.07. The van der Waals surface area contributed by atoms with Crippen molar-refractivity contribution in [3.8, 4) is 0 Å². The summed E-state index contributed by atoms with van der Waals surface area (Å²) < 4.78 is 13.2. The zero-order valence-electron chi connectivity index (χ0n) is 10.5. The highest BCUT2D eigenvalue weighted by molar-refractivity contribution is 7.99. The molecule has 0 bridgehead atoms. The molecule has 0 aromatic heterocycles. The summed E-state index contributed by atoms with van der Waals surface area (Å²) in [7, 11) is 0. The number of nitro groups is 1. The van der Waals surface area contributed by atoms with Crippen molar-refractivity contribution in [2.45, 2.75) is 16.7 Å². The van der Waals surface area contributed by atoms with Crippen molar-refractivity contribution < 1.29 is 14.1 Å². The molecule has 0 heterocycles. The summed E-state index contributed by atoms with van der Waals surface area (Å²) in [5.74, 6) is -0.798. The number of ketones is 1. The minimum absolute atomic E-state index is 0.0451. The van der Waals surface area contributed by atoms with Crippen molar-refractivity contribution in [2.24, 2.45) is 0 Å². The molecule has 0 aliphatic carbocycles. The van der Waals surface area contributed by atoms with Crippen LogP contribution in [0.25, 0.3) is 0 Å². The van der Waals surface area contributed by atoms with Crippen molar-refractivity contribution in [2.75, 3.05) is 0 Å². The zero-order valence-corrected chi connectivity index (χ0v) is 11.3. The number of hydrogen-bond donors (Lipinski definition) is 0. The molecule has 0 fully saturated rings. The van der Waals surface area contributed by atoms with Crippen LogP contribution in [0.5, 0.6) is 0 Å². The van der Waals surface area contributed by atoms with Gasteiger partial charge in [0.1, 0.15) is 5.82 Å². The van der Waals surface area contributed by atoms with Gasteiger partial charge in [-0.2, -0.15) is 0 Å². The molecule has 0 saturated heterocycles. The van der Waals surface area contributed by atoms with E-state index in [4.69, 9.17) is 0 Å². The molecule has 0 aliphatic heterocycles. The van der Waals surface area contributed by atoms with Crippen LogP contribution in [0.1, 0.15) is 17.3 Å². The van der Waals surface area contributed by atoms with Gasteiger partial charge in [0.25, 0.3) is 5.69 Å². The molecule has 0 aliphatic rings. The molecule has 4 nitrogen and oxygen atoms in total. The number of nitrogens with zero attached hydrogens (tertiary/aromatic N) is 1. The molecule has 0 radical (unpaired) electrons. The third kappa shape index (κ3) is 3.03. The Kier molecular flexibility index (Phi) is 4.14. The van der Waals surface area contributed by atoms with E-state index in [2.05, 4.69) is 0 Å². The molecule has 0 atom stereocenters. The summed E-state index contributed by atoms with van der Waals surface area (Å²) in [4.78, 5) is 22.9. The van der Waals surface area contributed by atoms with Crippen molar-refractivity contribution in [3.63, 3.8) is 0 Å². The van der Waals surface area contributed by atoms with Gasteiger partial charge in [-0.15, -0.1) is 0 Å². The lowest BCUT2D eigenvalue weighted by molar-refractivity contribution is -0.387. The molecular formula is C14H10FNO3S. The van der Waals surface area contributed by atoms with Crippen LogP contribution in [-0.2, 0) is 0 Å². The maximum absolute atomic E-state index is 13.2. The van der Waals surface area contributed by atoms with E-state index in [9.17, 15) is 19.3 Å². The third-order valence-corrected chi connectivity index (χ3v) is 3.74. The van der Waals surface area contributed by atoms with E-state index in [-0.39, 0.29) is 17.0 Å². The predicted octanol–water partition coefficient (Wildman–Crippen LogP) is 4.09. The van der Waals surface area contributed by atoms with Crippen molar-refractivity contribution in [1.29, 1.82) is 0 Å². The first-order valence-corrected chi connectivity index (χ1v) is 6.52. The van der Waals surface area contributed by atoms with Crippen LogP contribution in [0.2, 0.25) is 0 Å². The molecular weight excluding hydrogens is 281 g/mol. The third-order valence-electron chi connectivity index (χ3n) is 2.60. The molecule has 0 spiro atoms. The van der Waals surface area contributed by atoms with Gasteiger partial charge in [-0.25, -0.2) is 4.39 Å². The Hall–Kier alpha value is -2.21. The fourth-order valence-corrected chi connectivity index (χ4v) is 2.76. The molecule has 20 heavy (non-hydrogen) atoms. The number of rotatable bonds is 4. The average molecular weight is 291 g/mol. The quantitative estimate of drug-likeness (QED) is 0.483. The summed E-state index contributed by atoms with van der Waals surface area (Å²) >= 11 is 1.08. The SMILES string of the molecule is CC(=O)c1cc(F)ccc1Sc1ccccc1[N+](=O)[O-]. The molecule has 6 heteroatoms. The minimum Gasteiger partial charge on any atom is -0.294 e. The van der Waals surface area contributed by atoms with Crippen molar-refractivity contribution >= 4 is 23.2 Å². The second-order valence-corrected chi connectivity index (χ2v) is 5.11. The van der Waals surface area contributed by atoms with Crippen LogP contribution in [0.4, 0.5) is 10.1 Å². The highest BCUT2D eigenvalue weighted by atomic mass is 32.2. The first-order valence-electron chi connectivity index (χ1n) is 5.71. The Balaban J connectivity index is 2.45. The number of benzene rings is 2. The van der Waals surface area contributed by atoms with E-state index < -0.39 is 10.7 Å². The van der Waals surface area contributed by atoms with Gasteiger partial charge in [-0.1, -0.05) is 23.9 Å². The molecule has 0 N–H and O–H groups in total. The minimum atomic E-state index is -0.512. The highest BCUT2D eigenvalue weighted by Gasteiger charge is 2.16. The van der Waals surface area contributed by atoms with Gasteiger partial charge in [-0.05, 0) is 31.2 Å². The summed E-state index contributed by atoms with van der Waals surface area (Å²) in [6, 6.07) is 10.0. The van der Waals surface area contributed by atoms with Crippen molar-refractivity contribution in [3.05, 3.63) is 64.0 Å². The van der Waals surface area contributed by atoms with E-state index >= 15 is 0 Å². The van der Waals surface area contributed by atoms with Crippen LogP contribution in [0.3, 0.4) is 0 Å². The molecule has 0 amide bonds. The first kappa shape index (κ1) is 14.2. The maximum atomic E-state index is 13.2. The fourth-order valence-electron chi connectivity index (χ4n) is 1.68. The number of carbonyl (C=O) groups is 1. The number of Topliss-reactive ketones (excluding diaryl/α,β-unsaturated/α-hetero) is 1. The normalized spacial score (nSPS) is 10.3. The predicted molar refractivity (Wildman–Crippen MR) is 73.6 cm³/mol. The highest BCUT2D eigenvalue weighted by Crippen LogP contribution is 2.36. The second-order valence-electron chi connectivity index (χ2n) is 4.02. The van der Waals surface area contributed by atoms with Gasteiger partial charge in [-0.3, -0.25) is 14.9 Å². The standard InChI is InChI=1S/C14H10FNO3S/c1-9(17)11-8-10(15)6-7-13(11)20-14-5-3-2-4-12(14)16(18)19/h2-8H,1H3. The maximum Gasteiger partial charge on any atom is 0.283 e. The smallest absolute Gasteiger partial charge is 0.283 e. The Morgan fingerprint density at radius 3 is 2.55 bits per heavy atom. The molecule has 102 valence electrons. The Labute approximate surface area is 118 Å². The lowest BCUT2D eigenvalue weighted by Crippen LogP contribution is -1.97. The van der Waals surface area contributed by atoms with Crippen LogP contribution >= 0.6 is 11.8 Å². The first-order chi connectivity index (χ1) is 9.49. The lowest BCUT2D eigenvalue weighted by atomic mass is 10.1. The van der Waals surface area contributed by atoms with Gasteiger partial charge in [0.05, 0.1) is 9.82 Å². The second kappa shape index (κ2) is 5.83. The number of para-hydroxylation sites is 1. The van der Waals surface area contributed by atoms with E-state index in [1.807, 2.05) is 0 Å². The molecule has 2 aromatic rings. The van der Waals surface area contributed by atoms with Gasteiger partial charge in [0.15, 0.2) is 5.78 Å². The van der Waals surface area contributed by atoms with E-state index in [0.717, 1.165) is 17.8 Å². The Morgan fingerprint density at radius 1 is 1.20 bits per heavy atom. The summed E-state index contributed by atoms with van der Waals surface area (Å²) in [6.45, 7) is 1.33. The van der Waals surface area contributed by atoms with Crippen LogP contribution in [0.15, 0.2) is 52.3 Å². The molecule has 0 unspecified atom stereocenters. The summed E-state index contributed by atoms with van der Waals surface area (Å²) in [6.07, 6.45) is 0. The van der Waals surface area contributed by atoms with Crippen LogP contribution in [-0.4, -0.2) is 10.7 Å². The average Bonchev–Trinajstić information content (AvgIpc) is 2.41. The summed E-state index contributed by atoms with van der Waals surface area (Å²) in [5.41, 5.74) is 0.171. The van der Waals surface area contributed by atoms with Gasteiger partial charge in [0.2, 0.25) is 0 Å². The number of hydrogen-bond acceptors (Lipinski definition) is 4.